The van der Waals surface area contributed by atoms with Crippen LogP contribution in [0.25, 0.3) is 0 Å². The Morgan fingerprint density at radius 2 is 1.77 bits per heavy atom. The maximum Gasteiger partial charge on any atom is 0.0349 e. The molecule has 0 saturated heterocycles. The van der Waals surface area contributed by atoms with Gasteiger partial charge in [-0.05, 0) is 29.9 Å². The van der Waals surface area contributed by atoms with Crippen molar-refractivity contribution in [2.75, 3.05) is 5.73 Å². The molecular weight excluding hydrogens is 158 g/mol. The molecule has 0 fully saturated rings. The molecule has 0 unspecified atom stereocenters. The number of anilines is 1. The zero-order valence-corrected chi connectivity index (χ0v) is 8.75. The third-order valence-corrected chi connectivity index (χ3v) is 2.35. The van der Waals surface area contributed by atoms with E-state index in [0.717, 1.165) is 11.6 Å². The minimum atomic E-state index is 0.571. The van der Waals surface area contributed by atoms with Crippen molar-refractivity contribution in [1.29, 1.82) is 0 Å². The molecule has 0 heterocycles. The molecule has 1 aromatic rings. The Balaban J connectivity index is 2.76. The summed E-state index contributed by atoms with van der Waals surface area (Å²) in [5, 5.41) is 0. The smallest absolute Gasteiger partial charge is 0.0349 e. The van der Waals surface area contributed by atoms with E-state index in [0.29, 0.717) is 5.92 Å². The second-order valence-corrected chi connectivity index (χ2v) is 4.16. The zero-order valence-electron chi connectivity index (χ0n) is 8.75. The standard InChI is InChI=1S/C12H19N/c1-9(2)8-10(3)11-6-4-5-7-12(11)13/h4-7,9-10H,8,13H2,1-3H3/t10-/m1/s1. The molecule has 1 aromatic carbocycles. The summed E-state index contributed by atoms with van der Waals surface area (Å²) in [6.07, 6.45) is 1.20. The van der Waals surface area contributed by atoms with Crippen LogP contribution in [0.4, 0.5) is 5.69 Å². The Morgan fingerprint density at radius 1 is 1.15 bits per heavy atom. The topological polar surface area (TPSA) is 26.0 Å². The molecule has 0 aliphatic rings. The largest absolute Gasteiger partial charge is 0.398 e. The van der Waals surface area contributed by atoms with Gasteiger partial charge in [0.15, 0.2) is 0 Å². The lowest BCUT2D eigenvalue weighted by molar-refractivity contribution is 0.524. The Morgan fingerprint density at radius 3 is 2.31 bits per heavy atom. The second-order valence-electron chi connectivity index (χ2n) is 4.16. The molecule has 13 heavy (non-hydrogen) atoms. The molecule has 2 N–H and O–H groups in total. The summed E-state index contributed by atoms with van der Waals surface area (Å²) in [5.74, 6) is 1.30. The van der Waals surface area contributed by atoms with Crippen LogP contribution >= 0.6 is 0 Å². The fourth-order valence-corrected chi connectivity index (χ4v) is 1.79. The molecule has 0 radical (unpaired) electrons. The van der Waals surface area contributed by atoms with Crippen molar-refractivity contribution < 1.29 is 0 Å². The monoisotopic (exact) mass is 177 g/mol. The van der Waals surface area contributed by atoms with E-state index in [4.69, 9.17) is 5.73 Å². The van der Waals surface area contributed by atoms with Gasteiger partial charge >= 0.3 is 0 Å². The van der Waals surface area contributed by atoms with Gasteiger partial charge in [0.2, 0.25) is 0 Å². The SMILES string of the molecule is CC(C)C[C@@H](C)c1ccccc1N. The second kappa shape index (κ2) is 4.31. The molecule has 1 heteroatoms. The van der Waals surface area contributed by atoms with Gasteiger partial charge in [0, 0.05) is 5.69 Å². The summed E-state index contributed by atoms with van der Waals surface area (Å²) in [5.41, 5.74) is 8.11. The number of hydrogen-bond acceptors (Lipinski definition) is 1. The molecule has 0 saturated carbocycles. The van der Waals surface area contributed by atoms with Crippen molar-refractivity contribution >= 4 is 5.69 Å². The number of rotatable bonds is 3. The summed E-state index contributed by atoms with van der Waals surface area (Å²) in [4.78, 5) is 0. The first-order valence-corrected chi connectivity index (χ1v) is 4.95. The maximum atomic E-state index is 5.90. The van der Waals surface area contributed by atoms with Crippen LogP contribution in [0.2, 0.25) is 0 Å². The van der Waals surface area contributed by atoms with Crippen molar-refractivity contribution in [1.82, 2.24) is 0 Å². The summed E-state index contributed by atoms with van der Waals surface area (Å²) in [7, 11) is 0. The van der Waals surface area contributed by atoms with Gasteiger partial charge in [-0.25, -0.2) is 0 Å². The molecule has 0 bridgehead atoms. The first-order chi connectivity index (χ1) is 6.11. The van der Waals surface area contributed by atoms with E-state index in [1.54, 1.807) is 0 Å². The van der Waals surface area contributed by atoms with Gasteiger partial charge in [0.1, 0.15) is 0 Å². The number of benzene rings is 1. The van der Waals surface area contributed by atoms with Gasteiger partial charge in [-0.2, -0.15) is 0 Å². The van der Waals surface area contributed by atoms with Gasteiger partial charge in [0.25, 0.3) is 0 Å². The van der Waals surface area contributed by atoms with Crippen molar-refractivity contribution in [3.05, 3.63) is 29.8 Å². The average Bonchev–Trinajstić information content (AvgIpc) is 2.03. The number of para-hydroxylation sites is 1. The van der Waals surface area contributed by atoms with Gasteiger partial charge in [-0.15, -0.1) is 0 Å². The highest BCUT2D eigenvalue weighted by molar-refractivity contribution is 5.48. The van der Waals surface area contributed by atoms with Crippen molar-refractivity contribution in [3.63, 3.8) is 0 Å². The molecule has 1 rings (SSSR count). The Kier molecular flexibility index (Phi) is 3.35. The molecule has 1 atom stereocenters. The van der Waals surface area contributed by atoms with Crippen molar-refractivity contribution in [2.24, 2.45) is 5.92 Å². The van der Waals surface area contributed by atoms with Crippen LogP contribution in [-0.2, 0) is 0 Å². The number of hydrogen-bond donors (Lipinski definition) is 1. The molecule has 0 amide bonds. The Hall–Kier alpha value is -0.980. The summed E-state index contributed by atoms with van der Waals surface area (Å²) in [6, 6.07) is 8.15. The van der Waals surface area contributed by atoms with E-state index in [2.05, 4.69) is 32.9 Å². The van der Waals surface area contributed by atoms with Crippen LogP contribution in [0, 0.1) is 5.92 Å². The van der Waals surface area contributed by atoms with E-state index in [9.17, 15) is 0 Å². The van der Waals surface area contributed by atoms with Gasteiger partial charge in [0.05, 0.1) is 0 Å². The third kappa shape index (κ3) is 2.76. The highest BCUT2D eigenvalue weighted by Crippen LogP contribution is 2.27. The Bertz CT molecular complexity index is 266. The van der Waals surface area contributed by atoms with Crippen molar-refractivity contribution in [3.8, 4) is 0 Å². The first-order valence-electron chi connectivity index (χ1n) is 4.95. The van der Waals surface area contributed by atoms with E-state index in [1.165, 1.54) is 12.0 Å². The number of nitrogen functional groups attached to an aromatic ring is 1. The molecule has 0 aliphatic heterocycles. The summed E-state index contributed by atoms with van der Waals surface area (Å²) >= 11 is 0. The van der Waals surface area contributed by atoms with Crippen LogP contribution in [-0.4, -0.2) is 0 Å². The van der Waals surface area contributed by atoms with E-state index in [-0.39, 0.29) is 0 Å². The summed E-state index contributed by atoms with van der Waals surface area (Å²) in [6.45, 7) is 6.73. The highest BCUT2D eigenvalue weighted by atomic mass is 14.6. The van der Waals surface area contributed by atoms with Crippen LogP contribution in [0.15, 0.2) is 24.3 Å². The maximum absolute atomic E-state index is 5.90. The highest BCUT2D eigenvalue weighted by Gasteiger charge is 2.09. The van der Waals surface area contributed by atoms with Crippen LogP contribution in [0.3, 0.4) is 0 Å². The molecule has 1 nitrogen and oxygen atoms in total. The predicted octanol–water partition coefficient (Wildman–Crippen LogP) is 3.42. The molecular formula is C12H19N. The Labute approximate surface area is 81.0 Å². The molecule has 0 spiro atoms. The lowest BCUT2D eigenvalue weighted by Crippen LogP contribution is -2.02. The van der Waals surface area contributed by atoms with E-state index < -0.39 is 0 Å². The fraction of sp³-hybridized carbons (Fsp3) is 0.500. The predicted molar refractivity (Wildman–Crippen MR) is 58.7 cm³/mol. The first kappa shape index (κ1) is 10.1. The van der Waals surface area contributed by atoms with E-state index in [1.807, 2.05) is 12.1 Å². The quantitative estimate of drug-likeness (QED) is 0.703. The van der Waals surface area contributed by atoms with Gasteiger partial charge < -0.3 is 5.73 Å². The van der Waals surface area contributed by atoms with Gasteiger partial charge in [-0.1, -0.05) is 39.0 Å². The van der Waals surface area contributed by atoms with Crippen LogP contribution < -0.4 is 5.73 Å². The fourth-order valence-electron chi connectivity index (χ4n) is 1.79. The molecule has 0 aromatic heterocycles. The zero-order chi connectivity index (χ0) is 9.84. The lowest BCUT2D eigenvalue weighted by atomic mass is 9.91. The minimum absolute atomic E-state index is 0.571. The van der Waals surface area contributed by atoms with Gasteiger partial charge in [-0.3, -0.25) is 0 Å². The van der Waals surface area contributed by atoms with Crippen LogP contribution in [0.1, 0.15) is 38.7 Å². The van der Waals surface area contributed by atoms with E-state index >= 15 is 0 Å². The minimum Gasteiger partial charge on any atom is -0.398 e. The van der Waals surface area contributed by atoms with Crippen LogP contribution in [0.5, 0.6) is 0 Å². The summed E-state index contributed by atoms with van der Waals surface area (Å²) < 4.78 is 0. The molecule has 0 aliphatic carbocycles. The third-order valence-electron chi connectivity index (χ3n) is 2.35. The average molecular weight is 177 g/mol. The lowest BCUT2D eigenvalue weighted by Gasteiger charge is -2.16. The van der Waals surface area contributed by atoms with Crippen molar-refractivity contribution in [2.45, 2.75) is 33.1 Å². The molecule has 72 valence electrons. The normalized spacial score (nSPS) is 13.2. The number of nitrogens with two attached hydrogens (primary N) is 1.